The monoisotopic (exact) mass is 268 g/mol. The van der Waals surface area contributed by atoms with Crippen LogP contribution in [0.3, 0.4) is 0 Å². The minimum absolute atomic E-state index is 0.132. The van der Waals surface area contributed by atoms with Crippen LogP contribution in [-0.2, 0) is 4.79 Å². The fourth-order valence-corrected chi connectivity index (χ4v) is 2.10. The molecule has 0 fully saturated rings. The quantitative estimate of drug-likeness (QED) is 0.842. The highest BCUT2D eigenvalue weighted by Gasteiger charge is 2.18. The van der Waals surface area contributed by atoms with Gasteiger partial charge in [-0.25, -0.2) is 0 Å². The van der Waals surface area contributed by atoms with Crippen LogP contribution in [0.1, 0.15) is 23.7 Å². The predicted octanol–water partition coefficient (Wildman–Crippen LogP) is 3.65. The SMILES string of the molecule is CC(CC(=O)O)C(=O)c1ccc(-c2ccccc2)cc1. The van der Waals surface area contributed by atoms with E-state index < -0.39 is 11.9 Å². The van der Waals surface area contributed by atoms with E-state index in [1.54, 1.807) is 19.1 Å². The summed E-state index contributed by atoms with van der Waals surface area (Å²) in [5, 5.41) is 8.72. The van der Waals surface area contributed by atoms with Crippen molar-refractivity contribution in [2.75, 3.05) is 0 Å². The summed E-state index contributed by atoms with van der Waals surface area (Å²) in [6.07, 6.45) is -0.140. The summed E-state index contributed by atoms with van der Waals surface area (Å²) >= 11 is 0. The van der Waals surface area contributed by atoms with Crippen LogP contribution in [0.2, 0.25) is 0 Å². The molecule has 102 valence electrons. The molecule has 1 unspecified atom stereocenters. The summed E-state index contributed by atoms with van der Waals surface area (Å²) in [5.74, 6) is -1.59. The zero-order chi connectivity index (χ0) is 14.5. The lowest BCUT2D eigenvalue weighted by atomic mass is 9.95. The van der Waals surface area contributed by atoms with E-state index in [4.69, 9.17) is 5.11 Å². The highest BCUT2D eigenvalue weighted by Crippen LogP contribution is 2.20. The minimum Gasteiger partial charge on any atom is -0.481 e. The van der Waals surface area contributed by atoms with E-state index in [0.717, 1.165) is 11.1 Å². The molecule has 1 N–H and O–H groups in total. The van der Waals surface area contributed by atoms with Crippen molar-refractivity contribution in [1.29, 1.82) is 0 Å². The Bertz CT molecular complexity index is 600. The Morgan fingerprint density at radius 1 is 0.950 bits per heavy atom. The molecule has 0 aliphatic rings. The van der Waals surface area contributed by atoms with E-state index in [2.05, 4.69) is 0 Å². The van der Waals surface area contributed by atoms with Gasteiger partial charge in [0.25, 0.3) is 0 Å². The van der Waals surface area contributed by atoms with Gasteiger partial charge in [-0.3, -0.25) is 9.59 Å². The third kappa shape index (κ3) is 3.32. The van der Waals surface area contributed by atoms with Gasteiger partial charge in [0.15, 0.2) is 5.78 Å². The topological polar surface area (TPSA) is 54.4 Å². The van der Waals surface area contributed by atoms with Crippen molar-refractivity contribution in [2.24, 2.45) is 5.92 Å². The fourth-order valence-electron chi connectivity index (χ4n) is 2.10. The van der Waals surface area contributed by atoms with Crippen molar-refractivity contribution in [2.45, 2.75) is 13.3 Å². The third-order valence-corrected chi connectivity index (χ3v) is 3.20. The summed E-state index contributed by atoms with van der Waals surface area (Å²) in [5.41, 5.74) is 2.68. The summed E-state index contributed by atoms with van der Waals surface area (Å²) < 4.78 is 0. The molecule has 0 radical (unpaired) electrons. The molecule has 0 saturated heterocycles. The zero-order valence-corrected chi connectivity index (χ0v) is 11.2. The van der Waals surface area contributed by atoms with Gasteiger partial charge in [0.2, 0.25) is 0 Å². The van der Waals surface area contributed by atoms with Crippen LogP contribution in [0, 0.1) is 5.92 Å². The molecule has 3 nitrogen and oxygen atoms in total. The van der Waals surface area contributed by atoms with E-state index in [1.807, 2.05) is 42.5 Å². The average molecular weight is 268 g/mol. The van der Waals surface area contributed by atoms with Crippen LogP contribution in [-0.4, -0.2) is 16.9 Å². The molecule has 0 bridgehead atoms. The number of aliphatic carboxylic acids is 1. The molecule has 20 heavy (non-hydrogen) atoms. The minimum atomic E-state index is -0.952. The number of Topliss-reactive ketones (excluding diaryl/α,β-unsaturated/α-hetero) is 1. The molecule has 0 heterocycles. The number of hydrogen-bond donors (Lipinski definition) is 1. The Morgan fingerprint density at radius 2 is 1.50 bits per heavy atom. The highest BCUT2D eigenvalue weighted by atomic mass is 16.4. The second kappa shape index (κ2) is 6.15. The van der Waals surface area contributed by atoms with Crippen molar-refractivity contribution in [3.8, 4) is 11.1 Å². The second-order valence-electron chi connectivity index (χ2n) is 4.81. The summed E-state index contributed by atoms with van der Waals surface area (Å²) in [6.45, 7) is 1.64. The Hall–Kier alpha value is -2.42. The Labute approximate surface area is 117 Å². The van der Waals surface area contributed by atoms with Crippen molar-refractivity contribution in [3.05, 3.63) is 60.2 Å². The molecule has 0 amide bonds. The predicted molar refractivity (Wildman–Crippen MR) is 77.6 cm³/mol. The first-order chi connectivity index (χ1) is 9.58. The summed E-state index contributed by atoms with van der Waals surface area (Å²) in [6, 6.07) is 17.2. The van der Waals surface area contributed by atoms with Gasteiger partial charge in [-0.1, -0.05) is 61.5 Å². The van der Waals surface area contributed by atoms with E-state index in [-0.39, 0.29) is 12.2 Å². The number of hydrogen-bond acceptors (Lipinski definition) is 2. The molecule has 2 rings (SSSR count). The zero-order valence-electron chi connectivity index (χ0n) is 11.2. The van der Waals surface area contributed by atoms with Gasteiger partial charge in [-0.15, -0.1) is 0 Å². The Balaban J connectivity index is 2.16. The van der Waals surface area contributed by atoms with E-state index in [9.17, 15) is 9.59 Å². The van der Waals surface area contributed by atoms with E-state index >= 15 is 0 Å². The van der Waals surface area contributed by atoms with E-state index in [1.165, 1.54) is 0 Å². The number of carboxylic acids is 1. The van der Waals surface area contributed by atoms with Crippen LogP contribution >= 0.6 is 0 Å². The second-order valence-corrected chi connectivity index (χ2v) is 4.81. The fraction of sp³-hybridized carbons (Fsp3) is 0.176. The van der Waals surface area contributed by atoms with Crippen LogP contribution in [0.4, 0.5) is 0 Å². The Kier molecular flexibility index (Phi) is 4.31. The Morgan fingerprint density at radius 3 is 2.05 bits per heavy atom. The lowest BCUT2D eigenvalue weighted by Gasteiger charge is -2.08. The molecule has 0 saturated carbocycles. The third-order valence-electron chi connectivity index (χ3n) is 3.20. The number of carbonyl (C=O) groups is 2. The van der Waals surface area contributed by atoms with Crippen molar-refractivity contribution < 1.29 is 14.7 Å². The molecule has 3 heteroatoms. The number of carboxylic acid groups (broad SMARTS) is 1. The van der Waals surface area contributed by atoms with Crippen LogP contribution in [0.25, 0.3) is 11.1 Å². The number of ketones is 1. The average Bonchev–Trinajstić information content (AvgIpc) is 2.47. The molecule has 0 aliphatic carbocycles. The first kappa shape index (κ1) is 14.0. The largest absolute Gasteiger partial charge is 0.481 e. The first-order valence-corrected chi connectivity index (χ1v) is 6.49. The van der Waals surface area contributed by atoms with Gasteiger partial charge in [0.05, 0.1) is 6.42 Å². The smallest absolute Gasteiger partial charge is 0.304 e. The molecule has 0 spiro atoms. The maximum Gasteiger partial charge on any atom is 0.304 e. The molecule has 0 aromatic heterocycles. The van der Waals surface area contributed by atoms with Crippen LogP contribution in [0.5, 0.6) is 0 Å². The van der Waals surface area contributed by atoms with Gasteiger partial charge in [0.1, 0.15) is 0 Å². The van der Waals surface area contributed by atoms with Gasteiger partial charge in [-0.05, 0) is 11.1 Å². The lowest BCUT2D eigenvalue weighted by molar-refractivity contribution is -0.137. The molecule has 0 aliphatic heterocycles. The number of benzene rings is 2. The van der Waals surface area contributed by atoms with Gasteiger partial charge >= 0.3 is 5.97 Å². The number of carbonyl (C=O) groups excluding carboxylic acids is 1. The molecule has 1 atom stereocenters. The molecule has 2 aromatic carbocycles. The van der Waals surface area contributed by atoms with Gasteiger partial charge in [0, 0.05) is 11.5 Å². The number of rotatable bonds is 5. The summed E-state index contributed by atoms with van der Waals surface area (Å²) in [7, 11) is 0. The van der Waals surface area contributed by atoms with Gasteiger partial charge < -0.3 is 5.11 Å². The highest BCUT2D eigenvalue weighted by molar-refractivity contribution is 5.99. The van der Waals surface area contributed by atoms with Crippen LogP contribution in [0.15, 0.2) is 54.6 Å². The first-order valence-electron chi connectivity index (χ1n) is 6.49. The lowest BCUT2D eigenvalue weighted by Crippen LogP contribution is -2.15. The van der Waals surface area contributed by atoms with Crippen LogP contribution < -0.4 is 0 Å². The van der Waals surface area contributed by atoms with Gasteiger partial charge in [-0.2, -0.15) is 0 Å². The molecular weight excluding hydrogens is 252 g/mol. The van der Waals surface area contributed by atoms with Crippen molar-refractivity contribution >= 4 is 11.8 Å². The maximum absolute atomic E-state index is 12.1. The molecule has 2 aromatic rings. The van der Waals surface area contributed by atoms with E-state index in [0.29, 0.717) is 5.56 Å². The standard InChI is InChI=1S/C17H16O3/c1-12(11-16(18)19)17(20)15-9-7-14(8-10-15)13-5-3-2-4-6-13/h2-10,12H,11H2,1H3,(H,18,19). The normalized spacial score (nSPS) is 11.8. The maximum atomic E-state index is 12.1. The summed E-state index contributed by atoms with van der Waals surface area (Å²) in [4.78, 5) is 22.7. The van der Waals surface area contributed by atoms with Crippen molar-refractivity contribution in [3.63, 3.8) is 0 Å². The molecular formula is C17H16O3. The van der Waals surface area contributed by atoms with Crippen molar-refractivity contribution in [1.82, 2.24) is 0 Å².